The number of rotatable bonds is 4. The molecule has 0 aromatic heterocycles. The molecule has 1 saturated heterocycles. The van der Waals surface area contributed by atoms with Crippen molar-refractivity contribution in [3.05, 3.63) is 28.2 Å². The van der Waals surface area contributed by atoms with Crippen LogP contribution in [0.3, 0.4) is 0 Å². The Balaban J connectivity index is 2.24. The number of aliphatic hydroxyl groups excluding tert-OH is 1. The van der Waals surface area contributed by atoms with Gasteiger partial charge in [-0.15, -0.1) is 0 Å². The fourth-order valence-corrected chi connectivity index (χ4v) is 3.37. The summed E-state index contributed by atoms with van der Waals surface area (Å²) in [4.78, 5) is 2.44. The molecule has 0 radical (unpaired) electrons. The van der Waals surface area contributed by atoms with Gasteiger partial charge >= 0.3 is 0 Å². The quantitative estimate of drug-likeness (QED) is 0.910. The average Bonchev–Trinajstić information content (AvgIpc) is 2.83. The van der Waals surface area contributed by atoms with Gasteiger partial charge < -0.3 is 10.0 Å². The standard InChI is InChI=1S/C15H22BrNO/c1-3-15(4-2)7-8-17(11-15)14-6-5-13(16)9-12(14)10-18/h5-6,9,18H,3-4,7-8,10-11H2,1-2H3. The Bertz CT molecular complexity index is 415. The van der Waals surface area contributed by atoms with Crippen LogP contribution >= 0.6 is 15.9 Å². The molecule has 0 unspecified atom stereocenters. The summed E-state index contributed by atoms with van der Waals surface area (Å²) in [5.74, 6) is 0. The van der Waals surface area contributed by atoms with Crippen molar-refractivity contribution in [3.63, 3.8) is 0 Å². The van der Waals surface area contributed by atoms with Crippen LogP contribution < -0.4 is 4.90 Å². The summed E-state index contributed by atoms with van der Waals surface area (Å²) in [6.45, 7) is 6.92. The average molecular weight is 312 g/mol. The van der Waals surface area contributed by atoms with Crippen LogP contribution in [0.1, 0.15) is 38.7 Å². The van der Waals surface area contributed by atoms with Crippen LogP contribution in [0.25, 0.3) is 0 Å². The fraction of sp³-hybridized carbons (Fsp3) is 0.600. The summed E-state index contributed by atoms with van der Waals surface area (Å²) >= 11 is 3.47. The van der Waals surface area contributed by atoms with Gasteiger partial charge in [0.25, 0.3) is 0 Å². The molecular formula is C15H22BrNO. The van der Waals surface area contributed by atoms with E-state index in [4.69, 9.17) is 0 Å². The van der Waals surface area contributed by atoms with Gasteiger partial charge in [0, 0.05) is 28.8 Å². The summed E-state index contributed by atoms with van der Waals surface area (Å²) in [6.07, 6.45) is 3.75. The first-order valence-corrected chi connectivity index (χ1v) is 7.57. The van der Waals surface area contributed by atoms with Gasteiger partial charge in [-0.05, 0) is 42.9 Å². The summed E-state index contributed by atoms with van der Waals surface area (Å²) in [6, 6.07) is 6.21. The molecule has 2 nitrogen and oxygen atoms in total. The maximum Gasteiger partial charge on any atom is 0.0702 e. The first-order valence-electron chi connectivity index (χ1n) is 6.78. The Morgan fingerprint density at radius 3 is 2.61 bits per heavy atom. The molecule has 1 aliphatic heterocycles. The van der Waals surface area contributed by atoms with Crippen molar-refractivity contribution >= 4 is 21.6 Å². The highest BCUT2D eigenvalue weighted by molar-refractivity contribution is 9.10. The minimum atomic E-state index is 0.108. The molecule has 1 aromatic carbocycles. The van der Waals surface area contributed by atoms with Gasteiger partial charge in [-0.3, -0.25) is 0 Å². The lowest BCUT2D eigenvalue weighted by atomic mass is 9.82. The van der Waals surface area contributed by atoms with Gasteiger partial charge in [0.1, 0.15) is 0 Å². The van der Waals surface area contributed by atoms with E-state index in [0.717, 1.165) is 23.1 Å². The van der Waals surface area contributed by atoms with E-state index in [1.165, 1.54) is 24.9 Å². The maximum absolute atomic E-state index is 9.50. The molecule has 0 atom stereocenters. The van der Waals surface area contributed by atoms with E-state index in [2.05, 4.69) is 46.8 Å². The molecule has 1 heterocycles. The highest BCUT2D eigenvalue weighted by atomic mass is 79.9. The minimum Gasteiger partial charge on any atom is -0.392 e. The second-order valence-electron chi connectivity index (χ2n) is 5.31. The molecule has 1 N–H and O–H groups in total. The molecule has 18 heavy (non-hydrogen) atoms. The van der Waals surface area contributed by atoms with Crippen molar-refractivity contribution < 1.29 is 5.11 Å². The molecule has 100 valence electrons. The van der Waals surface area contributed by atoms with E-state index < -0.39 is 0 Å². The Hall–Kier alpha value is -0.540. The third-order valence-corrected chi connectivity index (χ3v) is 4.98. The molecule has 1 aliphatic rings. The molecule has 2 rings (SSSR count). The Morgan fingerprint density at radius 1 is 1.33 bits per heavy atom. The number of aliphatic hydroxyl groups is 1. The zero-order valence-corrected chi connectivity index (χ0v) is 12.8. The topological polar surface area (TPSA) is 23.5 Å². The minimum absolute atomic E-state index is 0.108. The Labute approximate surface area is 118 Å². The Morgan fingerprint density at radius 2 is 2.06 bits per heavy atom. The number of halogens is 1. The van der Waals surface area contributed by atoms with Gasteiger partial charge in [-0.1, -0.05) is 29.8 Å². The van der Waals surface area contributed by atoms with Crippen molar-refractivity contribution in [2.75, 3.05) is 18.0 Å². The predicted octanol–water partition coefficient (Wildman–Crippen LogP) is 3.96. The van der Waals surface area contributed by atoms with E-state index >= 15 is 0 Å². The highest BCUT2D eigenvalue weighted by Crippen LogP contribution is 2.40. The van der Waals surface area contributed by atoms with Crippen molar-refractivity contribution in [3.8, 4) is 0 Å². The molecule has 0 amide bonds. The summed E-state index contributed by atoms with van der Waals surface area (Å²) < 4.78 is 1.03. The van der Waals surface area contributed by atoms with E-state index in [1.807, 2.05) is 6.07 Å². The van der Waals surface area contributed by atoms with Crippen molar-refractivity contribution in [2.24, 2.45) is 5.41 Å². The third-order valence-electron chi connectivity index (χ3n) is 4.49. The lowest BCUT2D eigenvalue weighted by Gasteiger charge is -2.28. The molecule has 0 saturated carbocycles. The zero-order chi connectivity index (χ0) is 13.2. The van der Waals surface area contributed by atoms with Crippen molar-refractivity contribution in [1.29, 1.82) is 0 Å². The smallest absolute Gasteiger partial charge is 0.0702 e. The summed E-state index contributed by atoms with van der Waals surface area (Å²) in [7, 11) is 0. The van der Waals surface area contributed by atoms with Crippen LogP contribution in [0.4, 0.5) is 5.69 Å². The van der Waals surface area contributed by atoms with E-state index in [0.29, 0.717) is 5.41 Å². The largest absolute Gasteiger partial charge is 0.392 e. The zero-order valence-electron chi connectivity index (χ0n) is 11.2. The van der Waals surface area contributed by atoms with Crippen LogP contribution in [0, 0.1) is 5.41 Å². The molecule has 1 fully saturated rings. The van der Waals surface area contributed by atoms with Crippen molar-refractivity contribution in [1.82, 2.24) is 0 Å². The van der Waals surface area contributed by atoms with E-state index in [1.54, 1.807) is 0 Å². The number of nitrogens with zero attached hydrogens (tertiary/aromatic N) is 1. The summed E-state index contributed by atoms with van der Waals surface area (Å²) in [5.41, 5.74) is 2.69. The van der Waals surface area contributed by atoms with Crippen molar-refractivity contribution in [2.45, 2.75) is 39.7 Å². The van der Waals surface area contributed by atoms with Gasteiger partial charge in [0.2, 0.25) is 0 Å². The normalized spacial score (nSPS) is 18.3. The second-order valence-corrected chi connectivity index (χ2v) is 6.23. The maximum atomic E-state index is 9.50. The van der Waals surface area contributed by atoms with Gasteiger partial charge in [-0.25, -0.2) is 0 Å². The third kappa shape index (κ3) is 2.57. The molecule has 0 spiro atoms. The van der Waals surface area contributed by atoms with Crippen LogP contribution in [-0.2, 0) is 6.61 Å². The number of hydrogen-bond acceptors (Lipinski definition) is 2. The molecule has 3 heteroatoms. The number of anilines is 1. The lowest BCUT2D eigenvalue weighted by molar-refractivity contribution is 0.281. The lowest BCUT2D eigenvalue weighted by Crippen LogP contribution is -2.26. The predicted molar refractivity (Wildman–Crippen MR) is 79.9 cm³/mol. The summed E-state index contributed by atoms with van der Waals surface area (Å²) in [5, 5.41) is 9.50. The second kappa shape index (κ2) is 5.62. The molecule has 1 aromatic rings. The van der Waals surface area contributed by atoms with E-state index in [-0.39, 0.29) is 6.61 Å². The van der Waals surface area contributed by atoms with Gasteiger partial charge in [-0.2, -0.15) is 0 Å². The Kier molecular flexibility index (Phi) is 4.33. The fourth-order valence-electron chi connectivity index (χ4n) is 2.96. The SMILES string of the molecule is CCC1(CC)CCN(c2ccc(Br)cc2CO)C1. The van der Waals surface area contributed by atoms with Crippen LogP contribution in [0.5, 0.6) is 0 Å². The van der Waals surface area contributed by atoms with Gasteiger partial charge in [0.15, 0.2) is 0 Å². The molecular weight excluding hydrogens is 290 g/mol. The van der Waals surface area contributed by atoms with Crippen LogP contribution in [0.15, 0.2) is 22.7 Å². The van der Waals surface area contributed by atoms with E-state index in [9.17, 15) is 5.11 Å². The monoisotopic (exact) mass is 311 g/mol. The van der Waals surface area contributed by atoms with Crippen LogP contribution in [0.2, 0.25) is 0 Å². The first kappa shape index (κ1) is 13.9. The number of hydrogen-bond donors (Lipinski definition) is 1. The van der Waals surface area contributed by atoms with Gasteiger partial charge in [0.05, 0.1) is 6.61 Å². The number of benzene rings is 1. The first-order chi connectivity index (χ1) is 8.64. The highest BCUT2D eigenvalue weighted by Gasteiger charge is 2.35. The molecule has 0 aliphatic carbocycles. The molecule has 0 bridgehead atoms. The van der Waals surface area contributed by atoms with Crippen LogP contribution in [-0.4, -0.2) is 18.2 Å².